The van der Waals surface area contributed by atoms with Crippen molar-refractivity contribution in [3.8, 4) is 22.9 Å². The van der Waals surface area contributed by atoms with Crippen molar-refractivity contribution in [2.75, 3.05) is 25.6 Å². The van der Waals surface area contributed by atoms with E-state index in [-0.39, 0.29) is 31.5 Å². The zero-order valence-corrected chi connectivity index (χ0v) is 34.3. The number of methoxy groups -OCH3 is 1. The highest BCUT2D eigenvalue weighted by Gasteiger charge is 2.64. The van der Waals surface area contributed by atoms with Crippen LogP contribution < -0.4 is 25.4 Å². The Morgan fingerprint density at radius 2 is 1.85 bits per heavy atom. The van der Waals surface area contributed by atoms with E-state index in [2.05, 4.69) is 22.5 Å². The highest BCUT2D eigenvalue weighted by atomic mass is 32.1. The zero-order chi connectivity index (χ0) is 39.9. The predicted octanol–water partition coefficient (Wildman–Crippen LogP) is 6.54. The number of likely N-dealkylation sites (tertiary alicyclic amines) is 1. The molecule has 0 spiro atoms. The number of aromatic nitrogens is 2. The number of nitrogens with zero attached hydrogens (tertiary/aromatic N) is 3. The van der Waals surface area contributed by atoms with Crippen LogP contribution in [0, 0.1) is 11.3 Å². The number of rotatable bonds is 13. The Bertz CT molecular complexity index is 1990. The summed E-state index contributed by atoms with van der Waals surface area (Å²) < 4.78 is 31.0. The maximum absolute atomic E-state index is 14.6. The summed E-state index contributed by atoms with van der Waals surface area (Å²) in [7, 11) is -2.25. The SMILES string of the molecule is C=C[C@@H]1C[C@]1(NC(=O)[C@@H]1CC(Oc2cc(-c3csc(NC(C)C)n3)nc3cc(OC)ccc23)CN1C(=O)[C@@H](NC(=O)OC1CCCC1)C(C)(C)C)P(C)(=O)O. The van der Waals surface area contributed by atoms with Gasteiger partial charge in [0.25, 0.3) is 0 Å². The Morgan fingerprint density at radius 1 is 1.13 bits per heavy atom. The van der Waals surface area contributed by atoms with Crippen LogP contribution in [0.4, 0.5) is 9.93 Å². The molecule has 55 heavy (non-hydrogen) atoms. The quantitative estimate of drug-likeness (QED) is 0.109. The van der Waals surface area contributed by atoms with Crippen LogP contribution in [0.2, 0.25) is 0 Å². The molecule has 6 atom stereocenters. The van der Waals surface area contributed by atoms with Crippen LogP contribution in [-0.2, 0) is 18.9 Å². The summed E-state index contributed by atoms with van der Waals surface area (Å²) in [4.78, 5) is 63.8. The van der Waals surface area contributed by atoms with Crippen LogP contribution in [-0.4, -0.2) is 93.6 Å². The molecule has 0 radical (unpaired) electrons. The number of alkyl carbamates (subject to hydrolysis) is 1. The largest absolute Gasteiger partial charge is 0.497 e. The van der Waals surface area contributed by atoms with Crippen molar-refractivity contribution in [1.82, 2.24) is 25.5 Å². The smallest absolute Gasteiger partial charge is 0.408 e. The fraction of sp³-hybridized carbons (Fsp3) is 0.564. The number of pyridine rings is 1. The Labute approximate surface area is 326 Å². The predicted molar refractivity (Wildman–Crippen MR) is 213 cm³/mol. The second kappa shape index (κ2) is 15.7. The normalized spacial score (nSPS) is 24.2. The molecule has 3 amide bonds. The van der Waals surface area contributed by atoms with Crippen LogP contribution in [0.5, 0.6) is 11.5 Å². The Hall–Kier alpha value is -4.20. The minimum atomic E-state index is -3.83. The summed E-state index contributed by atoms with van der Waals surface area (Å²) in [5, 5.41) is 11.0. The number of amides is 3. The molecule has 3 heterocycles. The molecule has 2 aromatic heterocycles. The average Bonchev–Trinajstić information content (AvgIpc) is 3.50. The molecule has 0 bridgehead atoms. The lowest BCUT2D eigenvalue weighted by molar-refractivity contribution is -0.142. The number of carbonyl (C=O) groups is 3. The topological polar surface area (TPSA) is 181 Å². The van der Waals surface area contributed by atoms with Crippen LogP contribution in [0.3, 0.4) is 0 Å². The molecule has 1 aliphatic heterocycles. The summed E-state index contributed by atoms with van der Waals surface area (Å²) in [5.74, 6) is -0.400. The molecule has 298 valence electrons. The molecule has 2 unspecified atom stereocenters. The molecule has 14 nitrogen and oxygen atoms in total. The van der Waals surface area contributed by atoms with E-state index in [1.54, 1.807) is 31.4 Å². The van der Waals surface area contributed by atoms with Gasteiger partial charge in [0.1, 0.15) is 46.8 Å². The number of hydrogen-bond donors (Lipinski definition) is 4. The van der Waals surface area contributed by atoms with Gasteiger partial charge in [-0.15, -0.1) is 17.9 Å². The minimum Gasteiger partial charge on any atom is -0.497 e. The summed E-state index contributed by atoms with van der Waals surface area (Å²) in [6.07, 6.45) is 3.79. The third kappa shape index (κ3) is 8.79. The number of fused-ring (bicyclic) bond motifs is 1. The van der Waals surface area contributed by atoms with E-state index in [1.165, 1.54) is 22.9 Å². The number of anilines is 1. The molecule has 3 fully saturated rings. The lowest BCUT2D eigenvalue weighted by Crippen LogP contribution is -2.58. The molecule has 2 aliphatic carbocycles. The fourth-order valence-electron chi connectivity index (χ4n) is 7.49. The molecule has 3 aromatic rings. The molecule has 2 saturated carbocycles. The van der Waals surface area contributed by atoms with Crippen molar-refractivity contribution in [3.63, 3.8) is 0 Å². The van der Waals surface area contributed by atoms with Crippen molar-refractivity contribution in [1.29, 1.82) is 0 Å². The average molecular weight is 797 g/mol. The van der Waals surface area contributed by atoms with Crippen molar-refractivity contribution >= 4 is 52.6 Å². The van der Waals surface area contributed by atoms with Gasteiger partial charge in [-0.05, 0) is 63.5 Å². The molecule has 6 rings (SSSR count). The number of benzene rings is 1. The number of thiazole rings is 1. The molecule has 4 N–H and O–H groups in total. The van der Waals surface area contributed by atoms with E-state index in [0.717, 1.165) is 30.8 Å². The van der Waals surface area contributed by atoms with Gasteiger partial charge < -0.3 is 40.0 Å². The highest BCUT2D eigenvalue weighted by Crippen LogP contribution is 2.67. The van der Waals surface area contributed by atoms with Gasteiger partial charge in [-0.25, -0.2) is 14.8 Å². The lowest BCUT2D eigenvalue weighted by Gasteiger charge is -2.35. The van der Waals surface area contributed by atoms with E-state index in [1.807, 2.05) is 46.1 Å². The molecule has 1 saturated heterocycles. The standard InChI is InChI=1S/C39H53N6O8PS/c1-9-23-19-39(23,54(8,49)50)44-34(46)31-17-26(20-45(31)35(47)33(38(4,5)6)43-37(48)53-24-12-10-11-13-24)52-32-18-29(30-21-55-36(42-30)40-22(2)3)41-28-16-25(51-7)14-15-27(28)32/h9,14-16,18,21-24,26,31,33H,1,10-13,17,19-20H2,2-8H3,(H,40,42)(H,43,48)(H,44,46)(H,49,50)/t23-,26?,31+,33-,39+/m1/s1. The zero-order valence-electron chi connectivity index (χ0n) is 32.6. The Balaban J connectivity index is 1.33. The first-order valence-corrected chi connectivity index (χ1v) is 21.8. The first-order valence-electron chi connectivity index (χ1n) is 18.8. The minimum absolute atomic E-state index is 0.00187. The van der Waals surface area contributed by atoms with Gasteiger partial charge in [-0.3, -0.25) is 14.2 Å². The summed E-state index contributed by atoms with van der Waals surface area (Å²) in [5.41, 5.74) is 1.04. The summed E-state index contributed by atoms with van der Waals surface area (Å²) in [6.45, 7) is 14.6. The fourth-order valence-corrected chi connectivity index (χ4v) is 9.92. The van der Waals surface area contributed by atoms with E-state index < -0.39 is 60.1 Å². The molecule has 3 aliphatic rings. The van der Waals surface area contributed by atoms with E-state index in [0.29, 0.717) is 33.8 Å². The lowest BCUT2D eigenvalue weighted by atomic mass is 9.85. The molecular weight excluding hydrogens is 744 g/mol. The van der Waals surface area contributed by atoms with Gasteiger partial charge in [0.15, 0.2) is 5.13 Å². The monoisotopic (exact) mass is 796 g/mol. The third-order valence-corrected chi connectivity index (χ3v) is 13.5. The second-order valence-corrected chi connectivity index (χ2v) is 19.7. The van der Waals surface area contributed by atoms with Gasteiger partial charge >= 0.3 is 6.09 Å². The highest BCUT2D eigenvalue weighted by molar-refractivity contribution is 7.59. The first kappa shape index (κ1) is 40.5. The number of hydrogen-bond acceptors (Lipinski definition) is 11. The maximum atomic E-state index is 14.6. The molecule has 16 heteroatoms. The second-order valence-electron chi connectivity index (χ2n) is 16.3. The molecule has 1 aromatic carbocycles. The van der Waals surface area contributed by atoms with Gasteiger partial charge in [0, 0.05) is 47.9 Å². The van der Waals surface area contributed by atoms with E-state index in [9.17, 15) is 23.8 Å². The van der Waals surface area contributed by atoms with Crippen molar-refractivity contribution in [2.24, 2.45) is 11.3 Å². The summed E-state index contributed by atoms with van der Waals surface area (Å²) in [6, 6.07) is 5.30. The van der Waals surface area contributed by atoms with E-state index >= 15 is 0 Å². The van der Waals surface area contributed by atoms with E-state index in [4.69, 9.17) is 24.2 Å². The number of carbonyl (C=O) groups excluding carboxylic acids is 3. The van der Waals surface area contributed by atoms with Crippen LogP contribution in [0.25, 0.3) is 22.3 Å². The number of nitrogens with one attached hydrogen (secondary N) is 3. The van der Waals surface area contributed by atoms with Gasteiger partial charge in [-0.2, -0.15) is 0 Å². The van der Waals surface area contributed by atoms with Gasteiger partial charge in [0.05, 0.1) is 24.9 Å². The van der Waals surface area contributed by atoms with Gasteiger partial charge in [-0.1, -0.05) is 26.8 Å². The maximum Gasteiger partial charge on any atom is 0.408 e. The Kier molecular flexibility index (Phi) is 11.6. The number of ether oxygens (including phenoxy) is 3. The Morgan fingerprint density at radius 3 is 2.47 bits per heavy atom. The summed E-state index contributed by atoms with van der Waals surface area (Å²) >= 11 is 1.46. The van der Waals surface area contributed by atoms with Crippen molar-refractivity contribution in [2.45, 2.75) is 109 Å². The van der Waals surface area contributed by atoms with Crippen LogP contribution in [0.15, 0.2) is 42.3 Å². The van der Waals surface area contributed by atoms with Crippen LogP contribution in [0.1, 0.15) is 73.1 Å². The molecular formula is C39H53N6O8PS. The first-order chi connectivity index (χ1) is 25.9. The third-order valence-electron chi connectivity index (χ3n) is 10.6. The van der Waals surface area contributed by atoms with Crippen molar-refractivity contribution in [3.05, 3.63) is 42.3 Å². The van der Waals surface area contributed by atoms with Crippen LogP contribution >= 0.6 is 18.7 Å². The van der Waals surface area contributed by atoms with Gasteiger partial charge in [0.2, 0.25) is 19.2 Å². The van der Waals surface area contributed by atoms with Crippen molar-refractivity contribution < 1.29 is 38.1 Å².